The van der Waals surface area contributed by atoms with Crippen LogP contribution in [0, 0.1) is 29.6 Å². The maximum absolute atomic E-state index is 11.7. The number of primary amides is 1. The fraction of sp³-hybridized carbons (Fsp3) is 0.696. The molecule has 3 aliphatic carbocycles. The maximum atomic E-state index is 11.7. The molecule has 3 saturated carbocycles. The summed E-state index contributed by atoms with van der Waals surface area (Å²) in [5.41, 5.74) is 7.03. The maximum Gasteiger partial charge on any atom is 0.248 e. The zero-order valence-corrected chi connectivity index (χ0v) is 16.4. The first-order valence-electron chi connectivity index (χ1n) is 10.8. The standard InChI is InChI=1S/C23H32N2O2/c1-27-23(19-5-2-4-16(11-19)22(24)26)20-6-3-7-21(23)14-25(13-20)12-15-8-17-10-18(17)9-15/h2,4-5,11,15,17-18,20-21H,3,6-10,12-14H2,1H3,(H2,24,26)/t15?,17-,18?,20-,21+,23?/m1/s1. The van der Waals surface area contributed by atoms with E-state index in [1.165, 1.54) is 45.1 Å². The van der Waals surface area contributed by atoms with Crippen LogP contribution in [0.25, 0.3) is 0 Å². The minimum atomic E-state index is -0.356. The van der Waals surface area contributed by atoms with Gasteiger partial charge in [-0.15, -0.1) is 0 Å². The van der Waals surface area contributed by atoms with Crippen molar-refractivity contribution < 1.29 is 9.53 Å². The summed E-state index contributed by atoms with van der Waals surface area (Å²) in [7, 11) is 1.86. The Kier molecular flexibility index (Phi) is 4.32. The molecular weight excluding hydrogens is 336 g/mol. The molecule has 1 aromatic carbocycles. The molecule has 3 unspecified atom stereocenters. The van der Waals surface area contributed by atoms with Crippen LogP contribution in [0.2, 0.25) is 0 Å². The van der Waals surface area contributed by atoms with Gasteiger partial charge in [0.2, 0.25) is 5.91 Å². The summed E-state index contributed by atoms with van der Waals surface area (Å²) in [6.07, 6.45) is 8.14. The van der Waals surface area contributed by atoms with E-state index in [0.717, 1.165) is 36.4 Å². The second-order valence-corrected chi connectivity index (χ2v) is 9.58. The predicted molar refractivity (Wildman–Crippen MR) is 105 cm³/mol. The third-order valence-corrected chi connectivity index (χ3v) is 8.07. The zero-order chi connectivity index (χ0) is 18.6. The summed E-state index contributed by atoms with van der Waals surface area (Å²) in [5, 5.41) is 0. The highest BCUT2D eigenvalue weighted by molar-refractivity contribution is 5.92. The minimum Gasteiger partial charge on any atom is -0.373 e. The molecule has 4 heteroatoms. The van der Waals surface area contributed by atoms with E-state index >= 15 is 0 Å². The summed E-state index contributed by atoms with van der Waals surface area (Å²) >= 11 is 0. The highest BCUT2D eigenvalue weighted by Crippen LogP contribution is 2.55. The molecule has 0 aromatic heterocycles. The molecule has 5 rings (SSSR count). The average Bonchev–Trinajstić information content (AvgIpc) is 3.27. The highest BCUT2D eigenvalue weighted by atomic mass is 16.5. The van der Waals surface area contributed by atoms with Crippen molar-refractivity contribution in [2.45, 2.75) is 44.1 Å². The number of fused-ring (bicyclic) bond motifs is 3. The van der Waals surface area contributed by atoms with E-state index in [0.29, 0.717) is 17.4 Å². The number of rotatable bonds is 5. The van der Waals surface area contributed by atoms with Crippen LogP contribution in [0.5, 0.6) is 0 Å². The van der Waals surface area contributed by atoms with Gasteiger partial charge in [-0.2, -0.15) is 0 Å². The number of ether oxygens (including phenoxy) is 1. The van der Waals surface area contributed by atoms with Gasteiger partial charge in [-0.25, -0.2) is 0 Å². The Bertz CT molecular complexity index is 709. The lowest BCUT2D eigenvalue weighted by atomic mass is 9.62. The Hall–Kier alpha value is -1.39. The molecule has 146 valence electrons. The van der Waals surface area contributed by atoms with Crippen LogP contribution < -0.4 is 5.73 Å². The summed E-state index contributed by atoms with van der Waals surface area (Å²) in [4.78, 5) is 14.5. The normalized spacial score (nSPS) is 40.6. The smallest absolute Gasteiger partial charge is 0.248 e. The van der Waals surface area contributed by atoms with Crippen LogP contribution in [0.15, 0.2) is 24.3 Å². The monoisotopic (exact) mass is 368 g/mol. The lowest BCUT2D eigenvalue weighted by molar-refractivity contribution is -0.170. The molecule has 4 nitrogen and oxygen atoms in total. The van der Waals surface area contributed by atoms with E-state index < -0.39 is 0 Å². The third-order valence-electron chi connectivity index (χ3n) is 8.07. The van der Waals surface area contributed by atoms with Crippen molar-refractivity contribution in [1.82, 2.24) is 4.90 Å². The number of nitrogens with two attached hydrogens (primary N) is 1. The molecule has 4 aliphatic rings. The second kappa shape index (κ2) is 6.59. The first kappa shape index (κ1) is 17.7. The quantitative estimate of drug-likeness (QED) is 0.866. The molecule has 27 heavy (non-hydrogen) atoms. The molecule has 4 fully saturated rings. The van der Waals surface area contributed by atoms with Gasteiger partial charge in [-0.3, -0.25) is 4.79 Å². The first-order chi connectivity index (χ1) is 13.1. The Morgan fingerprint density at radius 1 is 1.19 bits per heavy atom. The Morgan fingerprint density at radius 3 is 2.52 bits per heavy atom. The number of hydrogen-bond acceptors (Lipinski definition) is 3. The molecule has 2 N–H and O–H groups in total. The fourth-order valence-electron chi connectivity index (χ4n) is 6.87. The molecule has 6 atom stereocenters. The number of carbonyl (C=O) groups excluding carboxylic acids is 1. The van der Waals surface area contributed by atoms with Crippen molar-refractivity contribution in [2.75, 3.05) is 26.7 Å². The van der Waals surface area contributed by atoms with Gasteiger partial charge in [-0.05, 0) is 67.6 Å². The van der Waals surface area contributed by atoms with E-state index in [2.05, 4.69) is 11.0 Å². The second-order valence-electron chi connectivity index (χ2n) is 9.58. The summed E-state index contributed by atoms with van der Waals surface area (Å²) < 4.78 is 6.33. The van der Waals surface area contributed by atoms with E-state index in [4.69, 9.17) is 10.5 Å². The fourth-order valence-corrected chi connectivity index (χ4v) is 6.87. The largest absolute Gasteiger partial charge is 0.373 e. The number of piperidine rings is 1. The van der Waals surface area contributed by atoms with Crippen LogP contribution >= 0.6 is 0 Å². The molecule has 1 amide bonds. The lowest BCUT2D eigenvalue weighted by Crippen LogP contribution is -2.59. The number of hydrogen-bond donors (Lipinski definition) is 1. The van der Waals surface area contributed by atoms with Gasteiger partial charge in [0.05, 0.1) is 0 Å². The number of carbonyl (C=O) groups is 1. The number of methoxy groups -OCH3 is 1. The molecule has 1 heterocycles. The van der Waals surface area contributed by atoms with Crippen molar-refractivity contribution in [3.8, 4) is 0 Å². The van der Waals surface area contributed by atoms with E-state index in [9.17, 15) is 4.79 Å². The van der Waals surface area contributed by atoms with Crippen LogP contribution in [-0.2, 0) is 10.3 Å². The zero-order valence-electron chi connectivity index (χ0n) is 16.4. The number of benzene rings is 1. The van der Waals surface area contributed by atoms with Gasteiger partial charge in [-0.1, -0.05) is 18.6 Å². The Labute approximate surface area is 162 Å². The van der Waals surface area contributed by atoms with Crippen molar-refractivity contribution >= 4 is 5.91 Å². The number of amides is 1. The van der Waals surface area contributed by atoms with Crippen molar-refractivity contribution in [1.29, 1.82) is 0 Å². The average molecular weight is 369 g/mol. The molecule has 2 bridgehead atoms. The van der Waals surface area contributed by atoms with Crippen LogP contribution in [-0.4, -0.2) is 37.6 Å². The van der Waals surface area contributed by atoms with Crippen molar-refractivity contribution in [3.05, 3.63) is 35.4 Å². The van der Waals surface area contributed by atoms with Gasteiger partial charge in [0.1, 0.15) is 5.60 Å². The van der Waals surface area contributed by atoms with Crippen molar-refractivity contribution in [2.24, 2.45) is 35.3 Å². The van der Waals surface area contributed by atoms with Crippen molar-refractivity contribution in [3.63, 3.8) is 0 Å². The van der Waals surface area contributed by atoms with Crippen LogP contribution in [0.3, 0.4) is 0 Å². The van der Waals surface area contributed by atoms with Gasteiger partial charge in [0.25, 0.3) is 0 Å². The van der Waals surface area contributed by atoms with Gasteiger partial charge in [0, 0.05) is 44.1 Å². The number of likely N-dealkylation sites (tertiary alicyclic amines) is 1. The third kappa shape index (κ3) is 2.92. The molecule has 0 radical (unpaired) electrons. The molecule has 1 aliphatic heterocycles. The van der Waals surface area contributed by atoms with Gasteiger partial charge < -0.3 is 15.4 Å². The Balaban J connectivity index is 1.40. The molecule has 1 aromatic rings. The first-order valence-corrected chi connectivity index (χ1v) is 10.8. The van der Waals surface area contributed by atoms with E-state index in [1.54, 1.807) is 0 Å². The highest BCUT2D eigenvalue weighted by Gasteiger charge is 2.54. The minimum absolute atomic E-state index is 0.266. The van der Waals surface area contributed by atoms with Crippen LogP contribution in [0.4, 0.5) is 0 Å². The number of nitrogens with zero attached hydrogens (tertiary/aromatic N) is 1. The van der Waals surface area contributed by atoms with Gasteiger partial charge >= 0.3 is 0 Å². The predicted octanol–water partition coefficient (Wildman–Crippen LogP) is 3.41. The Morgan fingerprint density at radius 2 is 1.89 bits per heavy atom. The van der Waals surface area contributed by atoms with E-state index in [-0.39, 0.29) is 11.5 Å². The lowest BCUT2D eigenvalue weighted by Gasteiger charge is -2.55. The summed E-state index contributed by atoms with van der Waals surface area (Å²) in [5.74, 6) is 3.68. The summed E-state index contributed by atoms with van der Waals surface area (Å²) in [6.45, 7) is 3.52. The van der Waals surface area contributed by atoms with Crippen LogP contribution in [0.1, 0.15) is 54.4 Å². The SMILES string of the molecule is COC1(c2cccc(C(N)=O)c2)[C@@H]2CCC[C@H]1CN(CC1CC3C[C@H]3C1)C2. The molecule has 0 spiro atoms. The summed E-state index contributed by atoms with van der Waals surface area (Å²) in [6, 6.07) is 7.90. The molecule has 1 saturated heterocycles. The van der Waals surface area contributed by atoms with Gasteiger partial charge in [0.15, 0.2) is 0 Å². The van der Waals surface area contributed by atoms with E-state index in [1.807, 2.05) is 25.3 Å². The topological polar surface area (TPSA) is 55.6 Å². The molecular formula is C23H32N2O2.